The lowest BCUT2D eigenvalue weighted by Crippen LogP contribution is -3.17. The summed E-state index contributed by atoms with van der Waals surface area (Å²) in [5, 5.41) is 58.1. The highest BCUT2D eigenvalue weighted by molar-refractivity contribution is 5.98. The molecule has 1 fully saturated rings. The van der Waals surface area contributed by atoms with E-state index in [2.05, 4.69) is 0 Å². The molecule has 0 aromatic heterocycles. The molecule has 0 aliphatic carbocycles. The van der Waals surface area contributed by atoms with Crippen molar-refractivity contribution in [1.82, 2.24) is 0 Å². The Kier molecular flexibility index (Phi) is 24.5. The minimum absolute atomic E-state index is 0.00265. The molecule has 2 aromatic carbocycles. The van der Waals surface area contributed by atoms with Gasteiger partial charge >= 0.3 is 35.3 Å². The average Bonchev–Trinajstić information content (AvgIpc) is 3.50. The fourth-order valence-corrected chi connectivity index (χ4v) is 6.06. The van der Waals surface area contributed by atoms with Crippen LogP contribution in [0, 0.1) is 20.2 Å². The summed E-state index contributed by atoms with van der Waals surface area (Å²) >= 11 is 0. The largest absolute Gasteiger partial charge is 0.545 e. The van der Waals surface area contributed by atoms with Crippen LogP contribution in [0.15, 0.2) is 36.4 Å². The van der Waals surface area contributed by atoms with Crippen LogP contribution >= 0.6 is 0 Å². The number of methoxy groups -OCH3 is 6. The van der Waals surface area contributed by atoms with Gasteiger partial charge in [-0.15, -0.1) is 0 Å². The molecule has 2 unspecified atom stereocenters. The van der Waals surface area contributed by atoms with Gasteiger partial charge in [-0.3, -0.25) is 20.2 Å². The number of carbonyl (C=O) groups is 6. The summed E-state index contributed by atoms with van der Waals surface area (Å²) in [7, 11) is 7.77. The smallest absolute Gasteiger partial charge is 0.345 e. The number of nitro benzene ring substituents is 2. The second kappa shape index (κ2) is 28.8. The molecule has 1 aliphatic heterocycles. The number of carboxylic acids is 4. The Morgan fingerprint density at radius 1 is 0.569 bits per heavy atom. The summed E-state index contributed by atoms with van der Waals surface area (Å²) in [5.41, 5.74) is -1.73. The van der Waals surface area contributed by atoms with Gasteiger partial charge in [-0.1, -0.05) is 0 Å². The van der Waals surface area contributed by atoms with Crippen molar-refractivity contribution in [2.75, 3.05) is 95.1 Å². The molecule has 65 heavy (non-hydrogen) atoms. The number of nitro groups is 2. The third-order valence-corrected chi connectivity index (χ3v) is 8.84. The number of carboxylic acid groups (broad SMARTS) is 4. The van der Waals surface area contributed by atoms with E-state index >= 15 is 0 Å². The maximum absolute atomic E-state index is 12.9. The van der Waals surface area contributed by atoms with Gasteiger partial charge in [-0.25, -0.2) is 19.2 Å². The van der Waals surface area contributed by atoms with Crippen LogP contribution < -0.4 is 48.4 Å². The monoisotopic (exact) mass is 926 g/mol. The fourth-order valence-electron chi connectivity index (χ4n) is 6.06. The van der Waals surface area contributed by atoms with Crippen LogP contribution in [0.25, 0.3) is 0 Å². The summed E-state index contributed by atoms with van der Waals surface area (Å²) in [5.74, 6) is -7.63. The molecule has 0 radical (unpaired) electrons. The van der Waals surface area contributed by atoms with E-state index in [0.29, 0.717) is 37.1 Å². The molecule has 1 heterocycles. The Morgan fingerprint density at radius 3 is 1.15 bits per heavy atom. The second-order valence-corrected chi connectivity index (χ2v) is 12.9. The summed E-state index contributed by atoms with van der Waals surface area (Å²) in [6.45, 7) is 5.22. The predicted molar refractivity (Wildman–Crippen MR) is 215 cm³/mol. The number of hydrogen-bond acceptors (Lipinski definition) is 20. The maximum atomic E-state index is 12.9. The van der Waals surface area contributed by atoms with Crippen molar-refractivity contribution < 1.29 is 107 Å². The van der Waals surface area contributed by atoms with E-state index in [1.807, 2.05) is 0 Å². The number of nitrogens with zero attached hydrogens (tertiary/aromatic N) is 2. The molecule has 2 aromatic rings. The molecule has 26 heteroatoms. The lowest BCUT2D eigenvalue weighted by atomic mass is 10.1. The minimum Gasteiger partial charge on any atom is -0.545 e. The van der Waals surface area contributed by atoms with Crippen molar-refractivity contribution in [2.45, 2.75) is 19.3 Å². The summed E-state index contributed by atoms with van der Waals surface area (Å²) in [6.07, 6.45) is 3.95. The highest BCUT2D eigenvalue weighted by Crippen LogP contribution is 2.47. The van der Waals surface area contributed by atoms with Gasteiger partial charge in [0.1, 0.15) is 24.2 Å². The molecule has 1 aliphatic rings. The van der Waals surface area contributed by atoms with Crippen LogP contribution in [0.2, 0.25) is 0 Å². The van der Waals surface area contributed by atoms with Gasteiger partial charge in [0, 0.05) is 43.5 Å². The zero-order valence-electron chi connectivity index (χ0n) is 36.2. The first-order valence-electron chi connectivity index (χ1n) is 19.0. The molecular formula is C39H50N4O22. The third kappa shape index (κ3) is 18.3. The molecule has 1 saturated heterocycles. The van der Waals surface area contributed by atoms with Crippen molar-refractivity contribution in [3.8, 4) is 34.5 Å². The second-order valence-electron chi connectivity index (χ2n) is 12.9. The van der Waals surface area contributed by atoms with Gasteiger partial charge in [-0.2, -0.15) is 0 Å². The van der Waals surface area contributed by atoms with E-state index in [1.54, 1.807) is 0 Å². The molecule has 0 saturated carbocycles. The molecule has 2 atom stereocenters. The van der Waals surface area contributed by atoms with E-state index in [-0.39, 0.29) is 58.8 Å². The first-order chi connectivity index (χ1) is 30.8. The molecule has 4 N–H and O–H groups in total. The van der Waals surface area contributed by atoms with E-state index in [9.17, 15) is 59.2 Å². The van der Waals surface area contributed by atoms with Crippen LogP contribution in [-0.4, -0.2) is 151 Å². The number of aliphatic carboxylic acids is 4. The lowest BCUT2D eigenvalue weighted by Gasteiger charge is -2.18. The average molecular weight is 927 g/mol. The fraction of sp³-hybridized carbons (Fsp3) is 0.436. The van der Waals surface area contributed by atoms with Crippen molar-refractivity contribution in [3.05, 3.63) is 67.8 Å². The number of carbonyl (C=O) groups excluding carboxylic acids is 4. The van der Waals surface area contributed by atoms with Gasteiger partial charge in [0.2, 0.25) is 23.0 Å². The molecule has 0 bridgehead atoms. The number of rotatable bonds is 22. The number of hydrogen-bond donors (Lipinski definition) is 4. The number of quaternary nitrogens is 2. The molecule has 26 nitrogen and oxygen atoms in total. The van der Waals surface area contributed by atoms with Gasteiger partial charge < -0.3 is 77.7 Å². The minimum atomic E-state index is -1.51. The standard InChI is InChI=1S/C31H42N4O14.2C4H4O4/c1-42-22-18-20(24(34(38)39)28(46-5)26(22)44-3)30(36)48-16-8-12-32-10-7-11-33(15-14-32)13-9-17-49-31(37)21-19-23(43-2)27(45-4)29(47-6)25(21)35(40)41;2*5-3(6)1-2-4(7)8/h18-19H,7-17H2,1-6H3;2*1-2H,(H,5,6)(H,7,8)/b;2*2-1+. The van der Waals surface area contributed by atoms with E-state index in [1.165, 1.54) is 64.6 Å². The van der Waals surface area contributed by atoms with Crippen molar-refractivity contribution >= 4 is 47.2 Å². The Balaban J connectivity index is 0.00000112. The first kappa shape index (κ1) is 55.3. The van der Waals surface area contributed by atoms with Crippen molar-refractivity contribution in [1.29, 1.82) is 0 Å². The summed E-state index contributed by atoms with van der Waals surface area (Å²) in [6, 6.07) is 2.41. The highest BCUT2D eigenvalue weighted by Gasteiger charge is 2.35. The zero-order chi connectivity index (χ0) is 49.2. The van der Waals surface area contributed by atoms with Gasteiger partial charge in [0.05, 0.1) is 104 Å². The van der Waals surface area contributed by atoms with Crippen molar-refractivity contribution in [3.63, 3.8) is 0 Å². The van der Waals surface area contributed by atoms with Crippen LogP contribution in [0.1, 0.15) is 40.0 Å². The predicted octanol–water partition coefficient (Wildman–Crippen LogP) is -2.72. The van der Waals surface area contributed by atoms with Crippen LogP contribution in [0.4, 0.5) is 11.4 Å². The third-order valence-electron chi connectivity index (χ3n) is 8.84. The Labute approximate surface area is 370 Å². The van der Waals surface area contributed by atoms with Gasteiger partial charge in [0.25, 0.3) is 0 Å². The Hall–Kier alpha value is -7.74. The number of ether oxygens (including phenoxy) is 8. The normalized spacial score (nSPS) is 14.2. The van der Waals surface area contributed by atoms with E-state index in [4.69, 9.17) is 48.1 Å². The number of nitrogens with one attached hydrogen (secondary N) is 2. The number of esters is 2. The summed E-state index contributed by atoms with van der Waals surface area (Å²) in [4.78, 5) is 88.5. The highest BCUT2D eigenvalue weighted by atomic mass is 16.6. The lowest BCUT2D eigenvalue weighted by molar-refractivity contribution is -0.938. The first-order valence-corrected chi connectivity index (χ1v) is 19.0. The van der Waals surface area contributed by atoms with Crippen LogP contribution in [-0.2, 0) is 28.7 Å². The van der Waals surface area contributed by atoms with E-state index in [0.717, 1.165) is 45.7 Å². The molecule has 3 rings (SSSR count). The number of benzene rings is 2. The Morgan fingerprint density at radius 2 is 0.908 bits per heavy atom. The van der Waals surface area contributed by atoms with Gasteiger partial charge in [0.15, 0.2) is 11.5 Å². The topological polar surface area (TPSA) is 358 Å². The van der Waals surface area contributed by atoms with Gasteiger partial charge in [-0.05, 0) is 12.2 Å². The molecule has 0 amide bonds. The van der Waals surface area contributed by atoms with Crippen LogP contribution in [0.5, 0.6) is 34.5 Å². The molecule has 0 spiro atoms. The summed E-state index contributed by atoms with van der Waals surface area (Å²) < 4.78 is 42.0. The van der Waals surface area contributed by atoms with Crippen molar-refractivity contribution in [2.24, 2.45) is 0 Å². The molecular weight excluding hydrogens is 876 g/mol. The maximum Gasteiger partial charge on any atom is 0.345 e. The van der Waals surface area contributed by atoms with E-state index < -0.39 is 57.0 Å². The zero-order valence-corrected chi connectivity index (χ0v) is 36.2. The SMILES string of the molecule is COc1cc(C(=O)OCCC[NH+]2CCC[NH+](CCCOC(=O)c3cc(OC)c(OC)c(OC)c3[N+](=O)[O-])CC2)c([N+](=O)[O-])c(OC)c1OC.O=C([O-])/C=C/C(=O)O.O=C([O-])/C=C/C(=O)O. The quantitative estimate of drug-likeness (QED) is 0.0306. The van der Waals surface area contributed by atoms with Crippen LogP contribution in [0.3, 0.4) is 0 Å². The molecule has 358 valence electrons. The Bertz CT molecular complexity index is 1890.